The molecule has 0 saturated carbocycles. The standard InChI is InChI=1S/C20H21N3O3S/c1-3-13-5-8-15(9-6-13)26-12-19(25)21-14-7-10-16-17(11-14)27-20(22-16)23-18(24)4-2/h5-11H,3-4,12H2,1-2H3,(H,21,25)(H,22,23,24). The first-order chi connectivity index (χ1) is 13.1. The Morgan fingerprint density at radius 3 is 2.52 bits per heavy atom. The summed E-state index contributed by atoms with van der Waals surface area (Å²) in [5.74, 6) is 0.348. The minimum atomic E-state index is -0.238. The Labute approximate surface area is 161 Å². The summed E-state index contributed by atoms with van der Waals surface area (Å²) in [5, 5.41) is 6.12. The second kappa shape index (κ2) is 8.64. The molecule has 6 nitrogen and oxygen atoms in total. The highest BCUT2D eigenvalue weighted by molar-refractivity contribution is 7.22. The van der Waals surface area contributed by atoms with Crippen LogP contribution in [0.3, 0.4) is 0 Å². The van der Waals surface area contributed by atoms with E-state index in [4.69, 9.17) is 4.74 Å². The predicted molar refractivity (Wildman–Crippen MR) is 108 cm³/mol. The summed E-state index contributed by atoms with van der Waals surface area (Å²) in [6.45, 7) is 3.81. The molecule has 3 rings (SSSR count). The van der Waals surface area contributed by atoms with Crippen LogP contribution in [0.4, 0.5) is 10.8 Å². The van der Waals surface area contributed by atoms with Crippen LogP contribution in [0.5, 0.6) is 5.75 Å². The van der Waals surface area contributed by atoms with Gasteiger partial charge in [0.1, 0.15) is 5.75 Å². The summed E-state index contributed by atoms with van der Waals surface area (Å²) < 4.78 is 6.40. The van der Waals surface area contributed by atoms with Gasteiger partial charge in [-0.3, -0.25) is 9.59 Å². The van der Waals surface area contributed by atoms with Crippen LogP contribution in [-0.4, -0.2) is 23.4 Å². The quantitative estimate of drug-likeness (QED) is 0.640. The normalized spacial score (nSPS) is 10.6. The van der Waals surface area contributed by atoms with Gasteiger partial charge in [0.25, 0.3) is 5.91 Å². The van der Waals surface area contributed by atoms with E-state index in [1.165, 1.54) is 16.9 Å². The van der Waals surface area contributed by atoms with E-state index in [1.807, 2.05) is 36.4 Å². The van der Waals surface area contributed by atoms with Gasteiger partial charge < -0.3 is 15.4 Å². The van der Waals surface area contributed by atoms with Gasteiger partial charge in [-0.05, 0) is 42.3 Å². The summed E-state index contributed by atoms with van der Waals surface area (Å²) in [4.78, 5) is 28.0. The minimum Gasteiger partial charge on any atom is -0.484 e. The monoisotopic (exact) mass is 383 g/mol. The average molecular weight is 383 g/mol. The number of aryl methyl sites for hydroxylation is 1. The van der Waals surface area contributed by atoms with Crippen molar-refractivity contribution in [1.29, 1.82) is 0 Å². The highest BCUT2D eigenvalue weighted by atomic mass is 32.1. The van der Waals surface area contributed by atoms with Crippen LogP contribution >= 0.6 is 11.3 Å². The van der Waals surface area contributed by atoms with Crippen molar-refractivity contribution >= 4 is 44.2 Å². The van der Waals surface area contributed by atoms with Crippen LogP contribution < -0.4 is 15.4 Å². The Kier molecular flexibility index (Phi) is 6.03. The number of rotatable bonds is 7. The highest BCUT2D eigenvalue weighted by Crippen LogP contribution is 2.28. The lowest BCUT2D eigenvalue weighted by atomic mass is 10.2. The van der Waals surface area contributed by atoms with Crippen molar-refractivity contribution in [3.63, 3.8) is 0 Å². The van der Waals surface area contributed by atoms with Crippen LogP contribution in [0.15, 0.2) is 42.5 Å². The molecule has 2 aromatic carbocycles. The fourth-order valence-corrected chi connectivity index (χ4v) is 3.35. The number of benzene rings is 2. The van der Waals surface area contributed by atoms with Crippen molar-refractivity contribution in [2.75, 3.05) is 17.2 Å². The minimum absolute atomic E-state index is 0.0655. The fourth-order valence-electron chi connectivity index (χ4n) is 2.43. The molecule has 2 N–H and O–H groups in total. The summed E-state index contributed by atoms with van der Waals surface area (Å²) >= 11 is 1.37. The predicted octanol–water partition coefficient (Wildman–Crippen LogP) is 4.22. The van der Waals surface area contributed by atoms with Gasteiger partial charge in [0, 0.05) is 12.1 Å². The molecule has 0 aliphatic rings. The molecule has 0 aliphatic heterocycles. The van der Waals surface area contributed by atoms with Gasteiger partial charge in [-0.1, -0.05) is 37.3 Å². The van der Waals surface area contributed by atoms with Gasteiger partial charge in [0.2, 0.25) is 5.91 Å². The summed E-state index contributed by atoms with van der Waals surface area (Å²) in [6, 6.07) is 13.1. The third kappa shape index (κ3) is 5.04. The van der Waals surface area contributed by atoms with Crippen LogP contribution in [0.25, 0.3) is 10.2 Å². The average Bonchev–Trinajstić information content (AvgIpc) is 3.08. The number of carbonyl (C=O) groups excluding carboxylic acids is 2. The maximum atomic E-state index is 12.1. The first-order valence-electron chi connectivity index (χ1n) is 8.79. The number of hydrogen-bond acceptors (Lipinski definition) is 5. The Hall–Kier alpha value is -2.93. The van der Waals surface area contributed by atoms with Gasteiger partial charge in [-0.2, -0.15) is 0 Å². The first-order valence-corrected chi connectivity index (χ1v) is 9.61. The van der Waals surface area contributed by atoms with E-state index in [1.54, 1.807) is 13.0 Å². The molecule has 0 unspecified atom stereocenters. The topological polar surface area (TPSA) is 80.3 Å². The molecule has 0 atom stereocenters. The Morgan fingerprint density at radius 1 is 1.04 bits per heavy atom. The Balaban J connectivity index is 1.59. The number of amides is 2. The molecular weight excluding hydrogens is 362 g/mol. The number of aromatic nitrogens is 1. The first kappa shape index (κ1) is 18.8. The number of nitrogens with one attached hydrogen (secondary N) is 2. The zero-order valence-corrected chi connectivity index (χ0v) is 16.1. The molecule has 0 bridgehead atoms. The van der Waals surface area contributed by atoms with E-state index >= 15 is 0 Å². The van der Waals surface area contributed by atoms with Gasteiger partial charge in [-0.15, -0.1) is 0 Å². The molecule has 7 heteroatoms. The third-order valence-electron chi connectivity index (χ3n) is 3.94. The van der Waals surface area contributed by atoms with Crippen LogP contribution in [0.2, 0.25) is 0 Å². The van der Waals surface area contributed by atoms with Crippen LogP contribution in [0.1, 0.15) is 25.8 Å². The van der Waals surface area contributed by atoms with Crippen LogP contribution in [0, 0.1) is 0 Å². The summed E-state index contributed by atoms with van der Waals surface area (Å²) in [5.41, 5.74) is 2.66. The summed E-state index contributed by atoms with van der Waals surface area (Å²) in [6.07, 6.45) is 1.36. The molecule has 0 saturated heterocycles. The molecule has 0 aliphatic carbocycles. The van der Waals surface area contributed by atoms with Gasteiger partial charge in [0.05, 0.1) is 10.2 Å². The smallest absolute Gasteiger partial charge is 0.262 e. The number of thiazole rings is 1. The second-order valence-corrected chi connectivity index (χ2v) is 6.97. The van der Waals surface area contributed by atoms with Gasteiger partial charge >= 0.3 is 0 Å². The lowest BCUT2D eigenvalue weighted by Gasteiger charge is -2.08. The van der Waals surface area contributed by atoms with Crippen molar-refractivity contribution in [1.82, 2.24) is 4.98 Å². The lowest BCUT2D eigenvalue weighted by Crippen LogP contribution is -2.20. The second-order valence-electron chi connectivity index (χ2n) is 5.94. The zero-order chi connectivity index (χ0) is 19.2. The molecule has 140 valence electrons. The van der Waals surface area contributed by atoms with Crippen molar-refractivity contribution in [3.8, 4) is 5.75 Å². The van der Waals surface area contributed by atoms with E-state index < -0.39 is 0 Å². The van der Waals surface area contributed by atoms with Crippen molar-refractivity contribution in [2.24, 2.45) is 0 Å². The highest BCUT2D eigenvalue weighted by Gasteiger charge is 2.09. The van der Waals surface area contributed by atoms with E-state index in [9.17, 15) is 9.59 Å². The molecule has 1 aromatic heterocycles. The molecule has 2 amide bonds. The molecular formula is C20H21N3O3S. The number of carbonyl (C=O) groups is 2. The van der Waals surface area contributed by atoms with E-state index in [0.29, 0.717) is 23.0 Å². The van der Waals surface area contributed by atoms with Gasteiger partial charge in [0.15, 0.2) is 11.7 Å². The number of anilines is 2. The van der Waals surface area contributed by atoms with E-state index in [0.717, 1.165) is 16.6 Å². The lowest BCUT2D eigenvalue weighted by molar-refractivity contribution is -0.118. The maximum absolute atomic E-state index is 12.1. The summed E-state index contributed by atoms with van der Waals surface area (Å²) in [7, 11) is 0. The molecule has 3 aromatic rings. The molecule has 27 heavy (non-hydrogen) atoms. The van der Waals surface area contributed by atoms with Crippen molar-refractivity contribution in [3.05, 3.63) is 48.0 Å². The van der Waals surface area contributed by atoms with Crippen molar-refractivity contribution < 1.29 is 14.3 Å². The maximum Gasteiger partial charge on any atom is 0.262 e. The van der Waals surface area contributed by atoms with Crippen molar-refractivity contribution in [2.45, 2.75) is 26.7 Å². The van der Waals surface area contributed by atoms with Crippen LogP contribution in [-0.2, 0) is 16.0 Å². The molecule has 0 radical (unpaired) electrons. The molecule has 0 fully saturated rings. The Bertz CT molecular complexity index is 951. The third-order valence-corrected chi connectivity index (χ3v) is 4.87. The largest absolute Gasteiger partial charge is 0.484 e. The number of hydrogen-bond donors (Lipinski definition) is 2. The number of nitrogens with zero attached hydrogens (tertiary/aromatic N) is 1. The van der Waals surface area contributed by atoms with E-state index in [2.05, 4.69) is 22.5 Å². The fraction of sp³-hybridized carbons (Fsp3) is 0.250. The molecule has 0 spiro atoms. The van der Waals surface area contributed by atoms with E-state index in [-0.39, 0.29) is 18.4 Å². The number of fused-ring (bicyclic) bond motifs is 1. The SMILES string of the molecule is CCC(=O)Nc1nc2ccc(NC(=O)COc3ccc(CC)cc3)cc2s1. The Morgan fingerprint density at radius 2 is 1.81 bits per heavy atom. The number of ether oxygens (including phenoxy) is 1. The zero-order valence-electron chi connectivity index (χ0n) is 15.2. The molecule has 1 heterocycles. The van der Waals surface area contributed by atoms with Gasteiger partial charge in [-0.25, -0.2) is 4.98 Å².